The Kier molecular flexibility index (Phi) is 8.03. The molecule has 186 valence electrons. The van der Waals surface area contributed by atoms with Gasteiger partial charge in [-0.05, 0) is 38.2 Å². The number of methoxy groups -OCH3 is 1. The van der Waals surface area contributed by atoms with Crippen molar-refractivity contribution < 1.29 is 19.7 Å². The van der Waals surface area contributed by atoms with Gasteiger partial charge < -0.3 is 14.8 Å². The van der Waals surface area contributed by atoms with Gasteiger partial charge in [0.1, 0.15) is 17.7 Å². The van der Waals surface area contributed by atoms with Crippen LogP contribution in [0.1, 0.15) is 34.2 Å². The molecule has 4 rings (SSSR count). The summed E-state index contributed by atoms with van der Waals surface area (Å²) in [5.74, 6) is -0.987. The molecule has 3 aromatic rings. The van der Waals surface area contributed by atoms with Crippen LogP contribution in [0.15, 0.2) is 36.7 Å². The molecule has 0 saturated carbocycles. The molecule has 0 amide bonds. The third-order valence-corrected chi connectivity index (χ3v) is 5.08. The van der Waals surface area contributed by atoms with E-state index in [1.54, 1.807) is 18.0 Å². The number of halogens is 2. The van der Waals surface area contributed by atoms with Crippen molar-refractivity contribution >= 4 is 11.6 Å². The fourth-order valence-electron chi connectivity index (χ4n) is 3.74. The maximum Gasteiger partial charge on any atom is 0.249 e. The average molecular weight is 477 g/mol. The molecule has 0 aliphatic carbocycles. The number of nitrogens with zero attached hydrogens (tertiary/aromatic N) is 5. The summed E-state index contributed by atoms with van der Waals surface area (Å²) in [6.45, 7) is 5.87. The zero-order valence-corrected chi connectivity index (χ0v) is 20.5. The number of ether oxygens (including phenoxy) is 2. The highest BCUT2D eigenvalue weighted by Crippen LogP contribution is 2.32. The summed E-state index contributed by atoms with van der Waals surface area (Å²) in [6.07, 6.45) is 2.60. The monoisotopic (exact) mass is 476 g/mol. The molecule has 1 atom stereocenters. The maximum atomic E-state index is 13.6. The van der Waals surface area contributed by atoms with E-state index in [0.717, 1.165) is 23.6 Å². The molecule has 1 aliphatic heterocycles. The minimum Gasteiger partial charge on any atom is -0.480 e. The van der Waals surface area contributed by atoms with Crippen molar-refractivity contribution in [3.8, 4) is 22.9 Å². The van der Waals surface area contributed by atoms with E-state index in [1.165, 1.54) is 0 Å². The quantitative estimate of drug-likeness (QED) is 0.528. The Morgan fingerprint density at radius 3 is 2.53 bits per heavy atom. The molecule has 0 spiro atoms. The Morgan fingerprint density at radius 1 is 1.18 bits per heavy atom. The van der Waals surface area contributed by atoms with Crippen LogP contribution in [-0.2, 0) is 13.6 Å². The Bertz CT molecular complexity index is 1110. The second-order valence-corrected chi connectivity index (χ2v) is 8.15. The number of hydrogen-bond acceptors (Lipinski definition) is 7. The Balaban J connectivity index is 0.00000140. The number of aryl methyl sites for hydroxylation is 1. The number of alkyl halides is 2. The van der Waals surface area contributed by atoms with Gasteiger partial charge in [-0.15, -0.1) is 0 Å². The molecule has 3 aromatic heterocycles. The smallest absolute Gasteiger partial charge is 0.249 e. The summed E-state index contributed by atoms with van der Waals surface area (Å²) in [6, 6.07) is 7.40. The van der Waals surface area contributed by atoms with Gasteiger partial charge in [-0.2, -0.15) is 15.1 Å². The number of hydrogen-bond donors (Lipinski definition) is 1. The van der Waals surface area contributed by atoms with Crippen molar-refractivity contribution in [1.82, 2.24) is 24.6 Å². The van der Waals surface area contributed by atoms with Crippen molar-refractivity contribution in [1.29, 1.82) is 0 Å². The van der Waals surface area contributed by atoms with Crippen molar-refractivity contribution in [2.75, 3.05) is 26.0 Å². The molecule has 34 heavy (non-hydrogen) atoms. The van der Waals surface area contributed by atoms with Gasteiger partial charge in [-0.1, -0.05) is 13.8 Å². The van der Waals surface area contributed by atoms with Gasteiger partial charge in [0.05, 0.1) is 13.3 Å². The van der Waals surface area contributed by atoms with Gasteiger partial charge >= 0.3 is 0 Å². The van der Waals surface area contributed by atoms with Crippen LogP contribution in [0.4, 0.5) is 20.4 Å². The van der Waals surface area contributed by atoms with Crippen LogP contribution in [0.25, 0.3) is 11.1 Å². The molecule has 8 nitrogen and oxygen atoms in total. The summed E-state index contributed by atoms with van der Waals surface area (Å²) >= 11 is 0. The van der Waals surface area contributed by atoms with Gasteiger partial charge in [-0.25, -0.2) is 8.78 Å². The number of fused-ring (bicyclic) bond motifs is 1. The van der Waals surface area contributed by atoms with E-state index in [-0.39, 0.29) is 7.85 Å². The lowest BCUT2D eigenvalue weighted by molar-refractivity contribution is -0.0258. The van der Waals surface area contributed by atoms with Crippen molar-refractivity contribution in [2.45, 2.75) is 45.8 Å². The van der Waals surface area contributed by atoms with Crippen LogP contribution in [0.2, 0.25) is 0 Å². The number of likely N-dealkylation sites (N-methyl/N-ethyl adjacent to an activating group) is 1. The first-order valence-corrected chi connectivity index (χ1v) is 11.2. The van der Waals surface area contributed by atoms with Crippen molar-refractivity contribution in [3.63, 3.8) is 0 Å². The fourth-order valence-corrected chi connectivity index (χ4v) is 3.74. The van der Waals surface area contributed by atoms with Crippen LogP contribution in [-0.4, -0.2) is 57.4 Å². The second kappa shape index (κ2) is 10.8. The van der Waals surface area contributed by atoms with E-state index in [9.17, 15) is 8.78 Å². The summed E-state index contributed by atoms with van der Waals surface area (Å²) in [7, 11) is 5.28. The molecular formula is C24H34F2N6O2. The second-order valence-electron chi connectivity index (χ2n) is 8.15. The lowest BCUT2D eigenvalue weighted by atomic mass is 10.1. The number of anilines is 2. The Labute approximate surface area is 200 Å². The first-order valence-electron chi connectivity index (χ1n) is 11.2. The molecule has 0 bridgehead atoms. The van der Waals surface area contributed by atoms with Crippen LogP contribution in [0.5, 0.6) is 11.8 Å². The maximum absolute atomic E-state index is 13.6. The van der Waals surface area contributed by atoms with Gasteiger partial charge in [0.2, 0.25) is 17.7 Å². The molecule has 10 heteroatoms. The fraction of sp³-hybridized carbons (Fsp3) is 0.458. The number of rotatable bonds is 6. The molecule has 1 unspecified atom stereocenters. The molecule has 0 saturated heterocycles. The van der Waals surface area contributed by atoms with E-state index >= 15 is 0 Å². The highest BCUT2D eigenvalue weighted by Gasteiger charge is 2.31. The largest absolute Gasteiger partial charge is 0.480 e. The highest BCUT2D eigenvalue weighted by molar-refractivity contribution is 5.70. The van der Waals surface area contributed by atoms with E-state index in [2.05, 4.69) is 20.4 Å². The normalized spacial score (nSPS) is 15.9. The molecule has 0 radical (unpaired) electrons. The number of nitrogens with one attached hydrogen (secondary N) is 1. The van der Waals surface area contributed by atoms with Gasteiger partial charge in [-0.3, -0.25) is 9.58 Å². The van der Waals surface area contributed by atoms with E-state index in [1.807, 2.05) is 63.3 Å². The summed E-state index contributed by atoms with van der Waals surface area (Å²) < 4.78 is 40.2. The average Bonchev–Trinajstić information content (AvgIpc) is 3.14. The van der Waals surface area contributed by atoms with Gasteiger partial charge in [0.25, 0.3) is 0 Å². The predicted molar refractivity (Wildman–Crippen MR) is 130 cm³/mol. The zero-order valence-electron chi connectivity index (χ0n) is 20.5. The lowest BCUT2D eigenvalue weighted by Crippen LogP contribution is -2.34. The highest BCUT2D eigenvalue weighted by atomic mass is 19.3. The third-order valence-electron chi connectivity index (χ3n) is 5.08. The Morgan fingerprint density at radius 2 is 1.88 bits per heavy atom. The summed E-state index contributed by atoms with van der Waals surface area (Å²) in [5, 5.41) is 7.33. The van der Waals surface area contributed by atoms with Crippen LogP contribution >= 0.6 is 0 Å². The molecule has 1 N–H and O–H groups in total. The van der Waals surface area contributed by atoms with E-state index in [4.69, 9.17) is 9.47 Å². The SMILES string of the molecule is CC.COc1nc(Nc2ccc3c(n2)OC(CC(C)(F)F)CN(C)C3)ccc1-c1cnn(C)c1.[HH]. The summed E-state index contributed by atoms with van der Waals surface area (Å²) in [5.41, 5.74) is 2.55. The Hall–Kier alpha value is -3.27. The van der Waals surface area contributed by atoms with E-state index in [0.29, 0.717) is 36.5 Å². The zero-order chi connectivity index (χ0) is 24.9. The van der Waals surface area contributed by atoms with Crippen LogP contribution in [0, 0.1) is 0 Å². The van der Waals surface area contributed by atoms with Crippen LogP contribution in [0.3, 0.4) is 0 Å². The number of aromatic nitrogens is 4. The van der Waals surface area contributed by atoms with Gasteiger partial charge in [0, 0.05) is 50.9 Å². The lowest BCUT2D eigenvalue weighted by Gasteiger charge is -2.22. The predicted octanol–water partition coefficient (Wildman–Crippen LogP) is 5.14. The minimum atomic E-state index is -2.82. The van der Waals surface area contributed by atoms with Gasteiger partial charge in [0.15, 0.2) is 0 Å². The topological polar surface area (TPSA) is 77.3 Å². The third kappa shape index (κ3) is 6.40. The summed E-state index contributed by atoms with van der Waals surface area (Å²) in [4.78, 5) is 11.0. The molecule has 1 aliphatic rings. The van der Waals surface area contributed by atoms with Crippen molar-refractivity contribution in [2.24, 2.45) is 7.05 Å². The molecular weight excluding hydrogens is 442 g/mol. The van der Waals surface area contributed by atoms with Crippen LogP contribution < -0.4 is 14.8 Å². The number of pyridine rings is 2. The minimum absolute atomic E-state index is 0. The first-order chi connectivity index (χ1) is 16.2. The standard InChI is InChI=1S/C22H26F2N6O2.C2H6.H2/c1-22(23,24)9-16-13-29(2)11-14-5-7-18(27-20(14)32-16)26-19-8-6-17(21(28-19)31-4)15-10-25-30(3)12-15;1-2;/h5-8,10,12,16H,9,11,13H2,1-4H3,(H,26,27,28);1-2H3;1H. The molecule has 4 heterocycles. The van der Waals surface area contributed by atoms with Crippen molar-refractivity contribution in [3.05, 3.63) is 42.2 Å². The van der Waals surface area contributed by atoms with E-state index < -0.39 is 12.0 Å². The molecule has 0 fully saturated rings. The first kappa shape index (κ1) is 25.4. The molecule has 0 aromatic carbocycles.